The number of ether oxygens (including phenoxy) is 1. The van der Waals surface area contributed by atoms with Gasteiger partial charge in [-0.05, 0) is 26.3 Å². The summed E-state index contributed by atoms with van der Waals surface area (Å²) >= 11 is 0. The summed E-state index contributed by atoms with van der Waals surface area (Å²) in [5.74, 6) is 0. The molecule has 0 aliphatic carbocycles. The number of likely N-dealkylation sites (N-methyl/N-ethyl adjacent to an activating group) is 1. The lowest BCUT2D eigenvalue weighted by molar-refractivity contribution is 0.107. The molecule has 0 spiro atoms. The van der Waals surface area contributed by atoms with Gasteiger partial charge in [-0.2, -0.15) is 0 Å². The zero-order valence-corrected chi connectivity index (χ0v) is 7.99. The van der Waals surface area contributed by atoms with Crippen LogP contribution in [0.3, 0.4) is 0 Å². The molecule has 0 aromatic rings. The Morgan fingerprint density at radius 3 is 2.67 bits per heavy atom. The first kappa shape index (κ1) is 9.96. The number of likely N-dealkylation sites (tertiary alicyclic amines) is 1. The zero-order chi connectivity index (χ0) is 8.97. The molecule has 1 rings (SSSR count). The molecule has 12 heavy (non-hydrogen) atoms. The summed E-state index contributed by atoms with van der Waals surface area (Å²) in [4.78, 5) is 2.33. The fraction of sp³-hybridized carbons (Fsp3) is 1.00. The molecule has 3 nitrogen and oxygen atoms in total. The topological polar surface area (TPSA) is 32.7 Å². The molecular formula is C9H19NO2. The summed E-state index contributed by atoms with van der Waals surface area (Å²) in [6.07, 6.45) is 3.30. The third-order valence-electron chi connectivity index (χ3n) is 2.81. The van der Waals surface area contributed by atoms with Gasteiger partial charge in [-0.25, -0.2) is 0 Å². The molecule has 1 N–H and O–H groups in total. The highest BCUT2D eigenvalue weighted by molar-refractivity contribution is 4.84. The first-order valence-corrected chi connectivity index (χ1v) is 4.61. The lowest BCUT2D eigenvalue weighted by Gasteiger charge is -2.24. The van der Waals surface area contributed by atoms with Crippen LogP contribution >= 0.6 is 0 Å². The predicted octanol–water partition coefficient (Wildman–Crippen LogP) is 0.478. The monoisotopic (exact) mass is 173 g/mol. The van der Waals surface area contributed by atoms with E-state index < -0.39 is 0 Å². The van der Waals surface area contributed by atoms with Crippen LogP contribution in [0.25, 0.3) is 0 Å². The fourth-order valence-electron chi connectivity index (χ4n) is 1.98. The van der Waals surface area contributed by atoms with Gasteiger partial charge in [-0.15, -0.1) is 0 Å². The number of rotatable bonds is 4. The Labute approximate surface area is 74.3 Å². The Balaban J connectivity index is 2.32. The third-order valence-corrected chi connectivity index (χ3v) is 2.81. The molecule has 2 atom stereocenters. The first-order chi connectivity index (χ1) is 5.79. The van der Waals surface area contributed by atoms with Gasteiger partial charge >= 0.3 is 0 Å². The number of methoxy groups -OCH3 is 1. The molecule has 3 heteroatoms. The summed E-state index contributed by atoms with van der Waals surface area (Å²) in [5.41, 5.74) is 0. The van der Waals surface area contributed by atoms with Gasteiger partial charge in [-0.1, -0.05) is 0 Å². The van der Waals surface area contributed by atoms with E-state index in [9.17, 15) is 0 Å². The Bertz CT molecular complexity index is 116. The van der Waals surface area contributed by atoms with Crippen molar-refractivity contribution in [1.82, 2.24) is 4.90 Å². The Kier molecular flexibility index (Phi) is 3.98. The van der Waals surface area contributed by atoms with Crippen molar-refractivity contribution in [2.24, 2.45) is 0 Å². The van der Waals surface area contributed by atoms with Gasteiger partial charge < -0.3 is 9.84 Å². The van der Waals surface area contributed by atoms with E-state index in [4.69, 9.17) is 9.84 Å². The number of nitrogens with zero attached hydrogens (tertiary/aromatic N) is 1. The van der Waals surface area contributed by atoms with Crippen LogP contribution in [0.4, 0.5) is 0 Å². The second-order valence-corrected chi connectivity index (χ2v) is 3.52. The summed E-state index contributed by atoms with van der Waals surface area (Å²) in [6.45, 7) is 1.12. The molecule has 0 saturated carbocycles. The minimum Gasteiger partial charge on any atom is -0.396 e. The zero-order valence-electron chi connectivity index (χ0n) is 7.99. The standard InChI is InChI=1S/C9H19NO2/c1-10-8(5-6-11)3-4-9(10)7-12-2/h8-9,11H,3-7H2,1-2H3/t8-,9-/m0/s1. The molecule has 72 valence electrons. The maximum Gasteiger partial charge on any atom is 0.0618 e. The van der Waals surface area contributed by atoms with Gasteiger partial charge in [0, 0.05) is 25.8 Å². The molecule has 0 radical (unpaired) electrons. The fourth-order valence-corrected chi connectivity index (χ4v) is 1.98. The summed E-state index contributed by atoms with van der Waals surface area (Å²) in [6, 6.07) is 1.13. The number of hydrogen-bond donors (Lipinski definition) is 1. The van der Waals surface area contributed by atoms with E-state index >= 15 is 0 Å². The lowest BCUT2D eigenvalue weighted by Crippen LogP contribution is -2.35. The normalized spacial score (nSPS) is 31.2. The van der Waals surface area contributed by atoms with E-state index in [-0.39, 0.29) is 0 Å². The van der Waals surface area contributed by atoms with Crippen molar-refractivity contribution < 1.29 is 9.84 Å². The van der Waals surface area contributed by atoms with Gasteiger partial charge in [0.05, 0.1) is 6.61 Å². The number of hydrogen-bond acceptors (Lipinski definition) is 3. The smallest absolute Gasteiger partial charge is 0.0618 e. The van der Waals surface area contributed by atoms with Crippen LogP contribution in [0.5, 0.6) is 0 Å². The minimum absolute atomic E-state index is 0.300. The molecule has 1 aliphatic heterocycles. The lowest BCUT2D eigenvalue weighted by atomic mass is 10.1. The van der Waals surface area contributed by atoms with E-state index in [0.29, 0.717) is 18.7 Å². The second-order valence-electron chi connectivity index (χ2n) is 3.52. The molecule has 1 aliphatic rings. The van der Waals surface area contributed by atoms with E-state index in [1.165, 1.54) is 12.8 Å². The van der Waals surface area contributed by atoms with E-state index in [1.54, 1.807) is 7.11 Å². The Hall–Kier alpha value is -0.120. The Morgan fingerprint density at radius 1 is 1.42 bits per heavy atom. The van der Waals surface area contributed by atoms with Crippen molar-refractivity contribution in [2.45, 2.75) is 31.3 Å². The average molecular weight is 173 g/mol. The third kappa shape index (κ3) is 2.19. The van der Waals surface area contributed by atoms with Crippen LogP contribution < -0.4 is 0 Å². The van der Waals surface area contributed by atoms with Crippen molar-refractivity contribution in [3.05, 3.63) is 0 Å². The van der Waals surface area contributed by atoms with Crippen LogP contribution in [0, 0.1) is 0 Å². The van der Waals surface area contributed by atoms with E-state index in [1.807, 2.05) is 0 Å². The van der Waals surface area contributed by atoms with Crippen LogP contribution in [-0.2, 0) is 4.74 Å². The van der Waals surface area contributed by atoms with Crippen molar-refractivity contribution in [2.75, 3.05) is 27.4 Å². The molecule has 1 heterocycles. The molecule has 1 saturated heterocycles. The van der Waals surface area contributed by atoms with Crippen molar-refractivity contribution >= 4 is 0 Å². The molecular weight excluding hydrogens is 154 g/mol. The minimum atomic E-state index is 0.300. The van der Waals surface area contributed by atoms with Gasteiger partial charge in [0.2, 0.25) is 0 Å². The molecule has 0 aromatic heterocycles. The Morgan fingerprint density at radius 2 is 2.08 bits per heavy atom. The highest BCUT2D eigenvalue weighted by Crippen LogP contribution is 2.24. The van der Waals surface area contributed by atoms with Crippen molar-refractivity contribution in [3.8, 4) is 0 Å². The van der Waals surface area contributed by atoms with Gasteiger partial charge in [-0.3, -0.25) is 4.90 Å². The summed E-state index contributed by atoms with van der Waals surface area (Å²) < 4.78 is 5.12. The molecule has 0 unspecified atom stereocenters. The highest BCUT2D eigenvalue weighted by Gasteiger charge is 2.29. The molecule has 1 fully saturated rings. The summed E-state index contributed by atoms with van der Waals surface area (Å²) in [5, 5.41) is 8.80. The molecule has 0 aromatic carbocycles. The maximum absolute atomic E-state index is 8.80. The van der Waals surface area contributed by atoms with E-state index in [2.05, 4.69) is 11.9 Å². The highest BCUT2D eigenvalue weighted by atomic mass is 16.5. The maximum atomic E-state index is 8.80. The average Bonchev–Trinajstić information content (AvgIpc) is 2.38. The van der Waals surface area contributed by atoms with Crippen molar-refractivity contribution in [1.29, 1.82) is 0 Å². The van der Waals surface area contributed by atoms with Crippen LogP contribution in [-0.4, -0.2) is 49.5 Å². The van der Waals surface area contributed by atoms with Gasteiger partial charge in [0.25, 0.3) is 0 Å². The van der Waals surface area contributed by atoms with Crippen LogP contribution in [0.15, 0.2) is 0 Å². The quantitative estimate of drug-likeness (QED) is 0.671. The SMILES string of the molecule is COC[C@@H]1CC[C@@H](CCO)N1C. The molecule has 0 bridgehead atoms. The number of aliphatic hydroxyl groups excluding tert-OH is 1. The number of aliphatic hydroxyl groups is 1. The van der Waals surface area contributed by atoms with Crippen LogP contribution in [0.2, 0.25) is 0 Å². The van der Waals surface area contributed by atoms with Crippen LogP contribution in [0.1, 0.15) is 19.3 Å². The predicted molar refractivity (Wildman–Crippen MR) is 48.2 cm³/mol. The van der Waals surface area contributed by atoms with Crippen molar-refractivity contribution in [3.63, 3.8) is 0 Å². The first-order valence-electron chi connectivity index (χ1n) is 4.61. The largest absolute Gasteiger partial charge is 0.396 e. The van der Waals surface area contributed by atoms with Gasteiger partial charge in [0.1, 0.15) is 0 Å². The van der Waals surface area contributed by atoms with E-state index in [0.717, 1.165) is 13.0 Å². The second kappa shape index (κ2) is 4.80. The molecule has 0 amide bonds. The van der Waals surface area contributed by atoms with Gasteiger partial charge in [0.15, 0.2) is 0 Å². The summed E-state index contributed by atoms with van der Waals surface area (Å²) in [7, 11) is 3.87.